The van der Waals surface area contributed by atoms with Gasteiger partial charge in [-0.3, -0.25) is 19.0 Å². The molecule has 0 bridgehead atoms. The standard InChI is InChI=1S/C28H24FN5O3/c1-3-6-24(35)33-15-5-8-21(33)27-32-26(22-17-30-14-16-34(22)27)18-10-12-19(13-11-18)28(36)31-20-7-4-9-23(37-2)25(20)29/h4,7,9-14,16-17,21H,5,8,15H2,1-2H3,(H,31,36). The summed E-state index contributed by atoms with van der Waals surface area (Å²) in [5.41, 5.74) is 2.65. The first-order valence-corrected chi connectivity index (χ1v) is 11.8. The predicted octanol–water partition coefficient (Wildman–Crippen LogP) is 4.48. The summed E-state index contributed by atoms with van der Waals surface area (Å²) in [5.74, 6) is 4.82. The van der Waals surface area contributed by atoms with E-state index >= 15 is 0 Å². The zero-order chi connectivity index (χ0) is 25.9. The Bertz CT molecular complexity index is 1550. The van der Waals surface area contributed by atoms with E-state index in [1.165, 1.54) is 19.2 Å². The third-order valence-electron chi connectivity index (χ3n) is 6.37. The summed E-state index contributed by atoms with van der Waals surface area (Å²) in [7, 11) is 1.37. The van der Waals surface area contributed by atoms with Gasteiger partial charge in [-0.05, 0) is 50.0 Å². The molecule has 8 nitrogen and oxygen atoms in total. The number of halogens is 1. The topological polar surface area (TPSA) is 88.8 Å². The second kappa shape index (κ2) is 10.1. The minimum absolute atomic E-state index is 0.0349. The van der Waals surface area contributed by atoms with Crippen LogP contribution in [0, 0.1) is 17.7 Å². The van der Waals surface area contributed by atoms with Gasteiger partial charge in [0.15, 0.2) is 11.6 Å². The highest BCUT2D eigenvalue weighted by molar-refractivity contribution is 6.04. The van der Waals surface area contributed by atoms with Crippen LogP contribution in [0.4, 0.5) is 10.1 Å². The molecule has 2 aromatic heterocycles. The predicted molar refractivity (Wildman–Crippen MR) is 136 cm³/mol. The van der Waals surface area contributed by atoms with E-state index in [2.05, 4.69) is 22.1 Å². The molecule has 0 radical (unpaired) electrons. The number of aromatic nitrogens is 3. The summed E-state index contributed by atoms with van der Waals surface area (Å²) in [4.78, 5) is 36.3. The number of benzene rings is 2. The Morgan fingerprint density at radius 1 is 1.19 bits per heavy atom. The Morgan fingerprint density at radius 2 is 2.00 bits per heavy atom. The molecular weight excluding hydrogens is 473 g/mol. The van der Waals surface area contributed by atoms with Crippen LogP contribution in [0.25, 0.3) is 16.8 Å². The number of carbonyl (C=O) groups excluding carboxylic acids is 2. The third kappa shape index (κ3) is 4.49. The number of nitrogens with zero attached hydrogens (tertiary/aromatic N) is 4. The van der Waals surface area contributed by atoms with Gasteiger partial charge >= 0.3 is 0 Å². The minimum atomic E-state index is -0.635. The molecule has 1 aliphatic heterocycles. The van der Waals surface area contributed by atoms with E-state index in [9.17, 15) is 14.0 Å². The fourth-order valence-electron chi connectivity index (χ4n) is 4.61. The van der Waals surface area contributed by atoms with Crippen LogP contribution in [0.5, 0.6) is 5.75 Å². The van der Waals surface area contributed by atoms with E-state index in [1.807, 2.05) is 10.6 Å². The number of likely N-dealkylation sites (tertiary alicyclic amines) is 1. The number of fused-ring (bicyclic) bond motifs is 1. The summed E-state index contributed by atoms with van der Waals surface area (Å²) >= 11 is 0. The molecule has 186 valence electrons. The number of nitrogens with one attached hydrogen (secondary N) is 1. The molecule has 1 fully saturated rings. The van der Waals surface area contributed by atoms with Crippen molar-refractivity contribution < 1.29 is 18.7 Å². The van der Waals surface area contributed by atoms with Crippen LogP contribution in [0.2, 0.25) is 0 Å². The van der Waals surface area contributed by atoms with E-state index in [4.69, 9.17) is 9.72 Å². The molecule has 2 aromatic carbocycles. The molecule has 2 amide bonds. The van der Waals surface area contributed by atoms with E-state index in [1.54, 1.807) is 54.5 Å². The monoisotopic (exact) mass is 497 g/mol. The number of anilines is 1. The van der Waals surface area contributed by atoms with Crippen molar-refractivity contribution in [3.05, 3.63) is 78.3 Å². The summed E-state index contributed by atoms with van der Waals surface area (Å²) in [6, 6.07) is 11.3. The van der Waals surface area contributed by atoms with Crippen molar-refractivity contribution in [3.63, 3.8) is 0 Å². The van der Waals surface area contributed by atoms with Crippen molar-refractivity contribution in [3.8, 4) is 28.8 Å². The maximum atomic E-state index is 14.4. The SMILES string of the molecule is CC#CC(=O)N1CCCC1c1nc(-c2ccc(C(=O)Nc3cccc(OC)c3F)cc2)c2cnccn12. The zero-order valence-electron chi connectivity index (χ0n) is 20.4. The van der Waals surface area contributed by atoms with Crippen LogP contribution in [0.1, 0.15) is 42.0 Å². The molecule has 1 saturated heterocycles. The minimum Gasteiger partial charge on any atom is -0.494 e. The lowest BCUT2D eigenvalue weighted by Crippen LogP contribution is -2.30. The zero-order valence-corrected chi connectivity index (χ0v) is 20.4. The smallest absolute Gasteiger partial charge is 0.299 e. The fraction of sp³-hybridized carbons (Fsp3) is 0.214. The molecule has 4 aromatic rings. The number of rotatable bonds is 5. The van der Waals surface area contributed by atoms with Gasteiger partial charge in [-0.25, -0.2) is 9.37 Å². The van der Waals surface area contributed by atoms with E-state index in [-0.39, 0.29) is 23.4 Å². The molecule has 5 rings (SSSR count). The number of carbonyl (C=O) groups is 2. The maximum Gasteiger partial charge on any atom is 0.299 e. The molecule has 0 saturated carbocycles. The van der Waals surface area contributed by atoms with Crippen LogP contribution in [-0.4, -0.2) is 44.7 Å². The van der Waals surface area contributed by atoms with Gasteiger partial charge < -0.3 is 15.0 Å². The Kier molecular flexibility index (Phi) is 6.56. The largest absolute Gasteiger partial charge is 0.494 e. The normalized spacial score (nSPS) is 14.8. The number of imidazole rings is 1. The number of ether oxygens (including phenoxy) is 1. The van der Waals surface area contributed by atoms with E-state index in [0.29, 0.717) is 17.8 Å². The highest BCUT2D eigenvalue weighted by Crippen LogP contribution is 2.35. The van der Waals surface area contributed by atoms with Gasteiger partial charge in [-0.2, -0.15) is 0 Å². The van der Waals surface area contributed by atoms with Crippen molar-refractivity contribution >= 4 is 23.0 Å². The summed E-state index contributed by atoms with van der Waals surface area (Å²) in [6.45, 7) is 2.28. The van der Waals surface area contributed by atoms with Crippen LogP contribution in [0.3, 0.4) is 0 Å². The highest BCUT2D eigenvalue weighted by atomic mass is 19.1. The summed E-state index contributed by atoms with van der Waals surface area (Å²) in [5, 5.41) is 2.58. The molecule has 1 atom stereocenters. The van der Waals surface area contributed by atoms with Gasteiger partial charge in [0.25, 0.3) is 11.8 Å². The second-order valence-electron chi connectivity index (χ2n) is 8.54. The molecule has 9 heteroatoms. The van der Waals surface area contributed by atoms with Gasteiger partial charge in [0, 0.05) is 30.1 Å². The van der Waals surface area contributed by atoms with Crippen LogP contribution in [0.15, 0.2) is 61.1 Å². The Hall–Kier alpha value is -4.71. The molecular formula is C28H24FN5O3. The Labute approximate surface area is 213 Å². The Balaban J connectivity index is 1.45. The van der Waals surface area contributed by atoms with Gasteiger partial charge in [-0.15, -0.1) is 0 Å². The van der Waals surface area contributed by atoms with Gasteiger partial charge in [-0.1, -0.05) is 24.1 Å². The summed E-state index contributed by atoms with van der Waals surface area (Å²) in [6.07, 6.45) is 6.90. The number of hydrogen-bond donors (Lipinski definition) is 1. The number of amides is 2. The van der Waals surface area contributed by atoms with Gasteiger partial charge in [0.2, 0.25) is 0 Å². The molecule has 1 N–H and O–H groups in total. The van der Waals surface area contributed by atoms with Crippen LogP contribution >= 0.6 is 0 Å². The molecule has 37 heavy (non-hydrogen) atoms. The van der Waals surface area contributed by atoms with Crippen molar-refractivity contribution in [2.45, 2.75) is 25.8 Å². The van der Waals surface area contributed by atoms with Gasteiger partial charge in [0.1, 0.15) is 5.82 Å². The molecule has 0 spiro atoms. The third-order valence-corrected chi connectivity index (χ3v) is 6.37. The Morgan fingerprint density at radius 3 is 2.76 bits per heavy atom. The van der Waals surface area contributed by atoms with Gasteiger partial charge in [0.05, 0.1) is 36.2 Å². The van der Waals surface area contributed by atoms with Crippen molar-refractivity contribution in [2.75, 3.05) is 19.0 Å². The molecule has 1 unspecified atom stereocenters. The fourth-order valence-corrected chi connectivity index (χ4v) is 4.61. The molecule has 0 aliphatic carbocycles. The maximum absolute atomic E-state index is 14.4. The quantitative estimate of drug-likeness (QED) is 0.411. The first kappa shape index (κ1) is 24.0. The average molecular weight is 498 g/mol. The first-order valence-electron chi connectivity index (χ1n) is 11.8. The van der Waals surface area contributed by atoms with Crippen LogP contribution < -0.4 is 10.1 Å². The lowest BCUT2D eigenvalue weighted by Gasteiger charge is -2.21. The highest BCUT2D eigenvalue weighted by Gasteiger charge is 2.33. The molecule has 1 aliphatic rings. The second-order valence-corrected chi connectivity index (χ2v) is 8.54. The van der Waals surface area contributed by atoms with Crippen molar-refractivity contribution in [1.82, 2.24) is 19.3 Å². The van der Waals surface area contributed by atoms with E-state index in [0.717, 1.165) is 29.7 Å². The first-order chi connectivity index (χ1) is 18.0. The van der Waals surface area contributed by atoms with E-state index < -0.39 is 11.7 Å². The lowest BCUT2D eigenvalue weighted by molar-refractivity contribution is -0.126. The summed E-state index contributed by atoms with van der Waals surface area (Å²) < 4.78 is 21.4. The molecule has 3 heterocycles. The van der Waals surface area contributed by atoms with Crippen LogP contribution in [-0.2, 0) is 4.79 Å². The average Bonchev–Trinajstić information content (AvgIpc) is 3.55. The lowest BCUT2D eigenvalue weighted by atomic mass is 10.1. The van der Waals surface area contributed by atoms with Crippen molar-refractivity contribution in [1.29, 1.82) is 0 Å². The van der Waals surface area contributed by atoms with Crippen molar-refractivity contribution in [2.24, 2.45) is 0 Å². The number of hydrogen-bond acceptors (Lipinski definition) is 5. The number of methoxy groups -OCH3 is 1.